The van der Waals surface area contributed by atoms with Crippen LogP contribution in [0.15, 0.2) is 46.0 Å². The summed E-state index contributed by atoms with van der Waals surface area (Å²) in [6.07, 6.45) is 2.78. The van der Waals surface area contributed by atoms with Crippen molar-refractivity contribution < 1.29 is 17.9 Å². The summed E-state index contributed by atoms with van der Waals surface area (Å²) in [5.41, 5.74) is 0.368. The van der Waals surface area contributed by atoms with Gasteiger partial charge >= 0.3 is 0 Å². The minimum absolute atomic E-state index is 0.0617. The van der Waals surface area contributed by atoms with Gasteiger partial charge in [-0.25, -0.2) is 8.42 Å². The third-order valence-electron chi connectivity index (χ3n) is 2.63. The lowest BCUT2D eigenvalue weighted by Gasteiger charge is -2.11. The van der Waals surface area contributed by atoms with E-state index in [0.717, 1.165) is 0 Å². The standard InChI is InChI=1S/C13H13BrN2O4S/c1-19-12-4-3-10(6-13(12)20-2)16-21(17,18)11-5-9(14)7-15-8-11/h3-8,16H,1-2H3. The number of ether oxygens (including phenoxy) is 2. The zero-order valence-electron chi connectivity index (χ0n) is 11.3. The van der Waals surface area contributed by atoms with Crippen LogP contribution in [-0.2, 0) is 10.0 Å². The molecule has 6 nitrogen and oxygen atoms in total. The van der Waals surface area contributed by atoms with Gasteiger partial charge in [0, 0.05) is 22.9 Å². The van der Waals surface area contributed by atoms with Gasteiger partial charge in [-0.1, -0.05) is 0 Å². The van der Waals surface area contributed by atoms with Crippen molar-refractivity contribution in [2.75, 3.05) is 18.9 Å². The van der Waals surface area contributed by atoms with E-state index in [4.69, 9.17) is 9.47 Å². The molecule has 21 heavy (non-hydrogen) atoms. The van der Waals surface area contributed by atoms with E-state index in [-0.39, 0.29) is 4.90 Å². The average Bonchev–Trinajstić information content (AvgIpc) is 2.46. The third kappa shape index (κ3) is 3.64. The van der Waals surface area contributed by atoms with Crippen LogP contribution in [0.4, 0.5) is 5.69 Å². The van der Waals surface area contributed by atoms with E-state index >= 15 is 0 Å². The lowest BCUT2D eigenvalue weighted by Crippen LogP contribution is -2.13. The summed E-state index contributed by atoms with van der Waals surface area (Å²) < 4.78 is 37.8. The van der Waals surface area contributed by atoms with Gasteiger partial charge in [-0.3, -0.25) is 9.71 Å². The Hall–Kier alpha value is -1.80. The van der Waals surface area contributed by atoms with Crippen molar-refractivity contribution in [3.8, 4) is 11.5 Å². The highest BCUT2D eigenvalue weighted by atomic mass is 79.9. The molecule has 1 N–H and O–H groups in total. The molecule has 0 unspecified atom stereocenters. The van der Waals surface area contributed by atoms with E-state index in [1.165, 1.54) is 32.7 Å². The van der Waals surface area contributed by atoms with Crippen molar-refractivity contribution >= 4 is 31.6 Å². The molecule has 1 aromatic carbocycles. The van der Waals surface area contributed by atoms with Crippen LogP contribution < -0.4 is 14.2 Å². The molecule has 112 valence electrons. The summed E-state index contributed by atoms with van der Waals surface area (Å²) in [4.78, 5) is 3.90. The van der Waals surface area contributed by atoms with Gasteiger partial charge in [-0.15, -0.1) is 0 Å². The van der Waals surface area contributed by atoms with Crippen LogP contribution >= 0.6 is 15.9 Å². The predicted octanol–water partition coefficient (Wildman–Crippen LogP) is 2.66. The van der Waals surface area contributed by atoms with Gasteiger partial charge in [0.05, 0.1) is 19.9 Å². The lowest BCUT2D eigenvalue weighted by molar-refractivity contribution is 0.355. The highest BCUT2D eigenvalue weighted by Crippen LogP contribution is 2.30. The van der Waals surface area contributed by atoms with Crippen molar-refractivity contribution in [1.82, 2.24) is 4.98 Å². The first-order valence-corrected chi connectivity index (χ1v) is 8.09. The van der Waals surface area contributed by atoms with Crippen LogP contribution in [0, 0.1) is 0 Å². The highest BCUT2D eigenvalue weighted by Gasteiger charge is 2.16. The van der Waals surface area contributed by atoms with E-state index in [9.17, 15) is 8.42 Å². The first-order valence-electron chi connectivity index (χ1n) is 5.81. The number of benzene rings is 1. The molecule has 0 atom stereocenters. The van der Waals surface area contributed by atoms with Gasteiger partial charge in [0.15, 0.2) is 11.5 Å². The number of anilines is 1. The molecule has 0 aliphatic carbocycles. The van der Waals surface area contributed by atoms with E-state index in [2.05, 4.69) is 25.6 Å². The monoisotopic (exact) mass is 372 g/mol. The third-order valence-corrected chi connectivity index (χ3v) is 4.41. The van der Waals surface area contributed by atoms with Gasteiger partial charge in [-0.05, 0) is 34.1 Å². The maximum absolute atomic E-state index is 12.3. The number of halogens is 1. The minimum Gasteiger partial charge on any atom is -0.493 e. The van der Waals surface area contributed by atoms with Crippen molar-refractivity contribution in [3.05, 3.63) is 41.1 Å². The minimum atomic E-state index is -3.72. The first kappa shape index (κ1) is 15.6. The number of nitrogens with zero attached hydrogens (tertiary/aromatic N) is 1. The molecule has 0 spiro atoms. The molecule has 0 bridgehead atoms. The molecule has 0 saturated heterocycles. The fraction of sp³-hybridized carbons (Fsp3) is 0.154. The molecule has 0 aliphatic heterocycles. The fourth-order valence-corrected chi connectivity index (χ4v) is 3.21. The van der Waals surface area contributed by atoms with Crippen molar-refractivity contribution in [1.29, 1.82) is 0 Å². The second-order valence-corrected chi connectivity index (χ2v) is 6.61. The summed E-state index contributed by atoms with van der Waals surface area (Å²) in [5, 5.41) is 0. The van der Waals surface area contributed by atoms with Gasteiger partial charge in [-0.2, -0.15) is 0 Å². The Balaban J connectivity index is 2.33. The molecule has 1 heterocycles. The Morgan fingerprint density at radius 1 is 1.10 bits per heavy atom. The topological polar surface area (TPSA) is 77.5 Å². The summed E-state index contributed by atoms with van der Waals surface area (Å²) in [6, 6.07) is 6.22. The number of hydrogen-bond donors (Lipinski definition) is 1. The second kappa shape index (κ2) is 6.31. The molecule has 8 heteroatoms. The number of sulfonamides is 1. The Bertz CT molecular complexity index is 750. The molecule has 0 aliphatic rings. The molecule has 0 radical (unpaired) electrons. The summed E-state index contributed by atoms with van der Waals surface area (Å²) in [7, 11) is -0.730. The Kier molecular flexibility index (Phi) is 4.69. The molecule has 0 saturated carbocycles. The molecule has 2 rings (SSSR count). The van der Waals surface area contributed by atoms with Gasteiger partial charge in [0.1, 0.15) is 4.90 Å². The molecule has 0 amide bonds. The first-order chi connectivity index (χ1) is 9.96. The van der Waals surface area contributed by atoms with Crippen molar-refractivity contribution in [2.45, 2.75) is 4.90 Å². The van der Waals surface area contributed by atoms with Crippen LogP contribution in [0.2, 0.25) is 0 Å². The fourth-order valence-electron chi connectivity index (χ4n) is 1.65. The van der Waals surface area contributed by atoms with E-state index in [1.54, 1.807) is 18.2 Å². The maximum Gasteiger partial charge on any atom is 0.263 e. The molecule has 2 aromatic rings. The number of nitrogens with one attached hydrogen (secondary N) is 1. The van der Waals surface area contributed by atoms with Gasteiger partial charge in [0.25, 0.3) is 10.0 Å². The summed E-state index contributed by atoms with van der Waals surface area (Å²) in [5.74, 6) is 0.953. The highest BCUT2D eigenvalue weighted by molar-refractivity contribution is 9.10. The summed E-state index contributed by atoms with van der Waals surface area (Å²) in [6.45, 7) is 0. The molecule has 0 fully saturated rings. The van der Waals surface area contributed by atoms with Crippen LogP contribution in [0.3, 0.4) is 0 Å². The van der Waals surface area contributed by atoms with Gasteiger partial charge < -0.3 is 9.47 Å². The number of pyridine rings is 1. The zero-order valence-corrected chi connectivity index (χ0v) is 13.7. The lowest BCUT2D eigenvalue weighted by atomic mass is 10.3. The number of methoxy groups -OCH3 is 2. The quantitative estimate of drug-likeness (QED) is 0.872. The van der Waals surface area contributed by atoms with Crippen LogP contribution in [0.1, 0.15) is 0 Å². The van der Waals surface area contributed by atoms with Crippen LogP contribution in [0.5, 0.6) is 11.5 Å². The number of aromatic nitrogens is 1. The predicted molar refractivity (Wildman–Crippen MR) is 82.3 cm³/mol. The van der Waals surface area contributed by atoms with Gasteiger partial charge in [0.2, 0.25) is 0 Å². The second-order valence-electron chi connectivity index (χ2n) is 4.01. The Labute approximate surface area is 131 Å². The number of rotatable bonds is 5. The van der Waals surface area contributed by atoms with E-state index < -0.39 is 10.0 Å². The average molecular weight is 373 g/mol. The molecule has 1 aromatic heterocycles. The summed E-state index contributed by atoms with van der Waals surface area (Å²) >= 11 is 3.19. The molecular formula is C13H13BrN2O4S. The van der Waals surface area contributed by atoms with Crippen LogP contribution in [0.25, 0.3) is 0 Å². The smallest absolute Gasteiger partial charge is 0.263 e. The normalized spacial score (nSPS) is 11.0. The van der Waals surface area contributed by atoms with Crippen LogP contribution in [-0.4, -0.2) is 27.6 Å². The maximum atomic E-state index is 12.3. The number of hydrogen-bond acceptors (Lipinski definition) is 5. The Morgan fingerprint density at radius 3 is 2.43 bits per heavy atom. The van der Waals surface area contributed by atoms with E-state index in [0.29, 0.717) is 21.7 Å². The largest absolute Gasteiger partial charge is 0.493 e. The zero-order chi connectivity index (χ0) is 15.5. The SMILES string of the molecule is COc1ccc(NS(=O)(=O)c2cncc(Br)c2)cc1OC. The van der Waals surface area contributed by atoms with E-state index in [1.807, 2.05) is 0 Å². The van der Waals surface area contributed by atoms with Crippen molar-refractivity contribution in [3.63, 3.8) is 0 Å². The molecular weight excluding hydrogens is 360 g/mol. The van der Waals surface area contributed by atoms with Crippen molar-refractivity contribution in [2.24, 2.45) is 0 Å². The Morgan fingerprint density at radius 2 is 1.81 bits per heavy atom.